The van der Waals surface area contributed by atoms with Gasteiger partial charge < -0.3 is 14.2 Å². The highest BCUT2D eigenvalue weighted by molar-refractivity contribution is 5.97. The third kappa shape index (κ3) is 4.60. The maximum Gasteiger partial charge on any atom is 0.346 e. The number of ether oxygens (including phenoxy) is 3. The Kier molecular flexibility index (Phi) is 6.37. The fourth-order valence-corrected chi connectivity index (χ4v) is 0.952. The molecule has 0 aliphatic heterocycles. The van der Waals surface area contributed by atoms with Crippen molar-refractivity contribution < 1.29 is 23.8 Å². The number of rotatable bonds is 5. The second-order valence-electron chi connectivity index (χ2n) is 2.79. The minimum absolute atomic E-state index is 0.363. The summed E-state index contributed by atoms with van der Waals surface area (Å²) in [7, 11) is 2.37. The zero-order valence-corrected chi connectivity index (χ0v) is 9.35. The van der Waals surface area contributed by atoms with E-state index in [4.69, 9.17) is 4.74 Å². The van der Waals surface area contributed by atoms with Gasteiger partial charge in [-0.05, 0) is 13.8 Å². The van der Waals surface area contributed by atoms with Gasteiger partial charge in [0.15, 0.2) is 0 Å². The summed E-state index contributed by atoms with van der Waals surface area (Å²) in [5, 5.41) is 0. The van der Waals surface area contributed by atoms with Gasteiger partial charge in [0.2, 0.25) is 0 Å². The van der Waals surface area contributed by atoms with E-state index >= 15 is 0 Å². The van der Waals surface area contributed by atoms with E-state index in [0.717, 1.165) is 0 Å². The maximum atomic E-state index is 11.2. The molecule has 0 unspecified atom stereocenters. The molecular formula is C10H16O5. The Bertz CT molecular complexity index is 230. The van der Waals surface area contributed by atoms with Crippen molar-refractivity contribution in [2.24, 2.45) is 0 Å². The molecule has 0 rings (SSSR count). The molecule has 0 fully saturated rings. The Morgan fingerprint density at radius 2 is 1.60 bits per heavy atom. The van der Waals surface area contributed by atoms with Crippen LogP contribution in [0.15, 0.2) is 12.2 Å². The van der Waals surface area contributed by atoms with Crippen LogP contribution in [-0.4, -0.2) is 38.4 Å². The van der Waals surface area contributed by atoms with Crippen LogP contribution < -0.4 is 0 Å². The molecule has 0 bridgehead atoms. The molecule has 0 spiro atoms. The Balaban J connectivity index is 4.50. The van der Waals surface area contributed by atoms with Crippen molar-refractivity contribution in [2.45, 2.75) is 26.1 Å². The van der Waals surface area contributed by atoms with Gasteiger partial charge >= 0.3 is 11.9 Å². The second-order valence-corrected chi connectivity index (χ2v) is 2.79. The van der Waals surface area contributed by atoms with E-state index in [1.54, 1.807) is 19.1 Å². The van der Waals surface area contributed by atoms with Crippen molar-refractivity contribution in [2.75, 3.05) is 14.2 Å². The molecule has 0 aromatic rings. The van der Waals surface area contributed by atoms with E-state index < -0.39 is 18.0 Å². The molecule has 86 valence electrons. The monoisotopic (exact) mass is 216 g/mol. The first-order valence-electron chi connectivity index (χ1n) is 4.50. The van der Waals surface area contributed by atoms with Crippen LogP contribution in [0, 0.1) is 0 Å². The topological polar surface area (TPSA) is 61.8 Å². The van der Waals surface area contributed by atoms with Gasteiger partial charge in [-0.25, -0.2) is 9.59 Å². The number of methoxy groups -OCH3 is 2. The van der Waals surface area contributed by atoms with Crippen LogP contribution in [0.1, 0.15) is 13.8 Å². The van der Waals surface area contributed by atoms with Gasteiger partial charge in [0, 0.05) is 0 Å². The molecular weight excluding hydrogens is 200 g/mol. The molecule has 0 saturated carbocycles. The Morgan fingerprint density at radius 1 is 1.13 bits per heavy atom. The SMILES string of the molecule is C/C=C\[C@H](C)OC(C(=O)OC)C(=O)OC. The van der Waals surface area contributed by atoms with E-state index in [-0.39, 0.29) is 6.10 Å². The fraction of sp³-hybridized carbons (Fsp3) is 0.600. The molecule has 0 saturated heterocycles. The zero-order valence-electron chi connectivity index (χ0n) is 9.35. The third-order valence-electron chi connectivity index (χ3n) is 1.64. The quantitative estimate of drug-likeness (QED) is 0.384. The molecule has 5 heteroatoms. The first kappa shape index (κ1) is 13.6. The summed E-state index contributed by atoms with van der Waals surface area (Å²) in [6.45, 7) is 3.52. The van der Waals surface area contributed by atoms with E-state index in [9.17, 15) is 9.59 Å². The van der Waals surface area contributed by atoms with Crippen molar-refractivity contribution in [1.82, 2.24) is 0 Å². The number of esters is 2. The highest BCUT2D eigenvalue weighted by Gasteiger charge is 2.30. The van der Waals surface area contributed by atoms with Gasteiger partial charge in [0.05, 0.1) is 20.3 Å². The van der Waals surface area contributed by atoms with E-state index in [1.807, 2.05) is 6.92 Å². The standard InChI is InChI=1S/C10H16O5/c1-5-6-7(2)15-8(9(11)13-3)10(12)14-4/h5-8H,1-4H3/b6-5-/t7-/m0/s1. The highest BCUT2D eigenvalue weighted by Crippen LogP contribution is 2.04. The minimum atomic E-state index is -1.33. The highest BCUT2D eigenvalue weighted by atomic mass is 16.6. The molecule has 0 aromatic heterocycles. The molecule has 0 radical (unpaired) electrons. The normalized spacial score (nSPS) is 12.9. The average molecular weight is 216 g/mol. The molecule has 1 atom stereocenters. The number of carbonyl (C=O) groups excluding carboxylic acids is 2. The molecule has 0 amide bonds. The molecule has 0 aliphatic carbocycles. The van der Waals surface area contributed by atoms with Crippen molar-refractivity contribution in [3.8, 4) is 0 Å². The van der Waals surface area contributed by atoms with Gasteiger partial charge in [-0.2, -0.15) is 0 Å². The van der Waals surface area contributed by atoms with Crippen molar-refractivity contribution in [1.29, 1.82) is 0 Å². The fourth-order valence-electron chi connectivity index (χ4n) is 0.952. The van der Waals surface area contributed by atoms with Crippen LogP contribution in [0.3, 0.4) is 0 Å². The Hall–Kier alpha value is -1.36. The van der Waals surface area contributed by atoms with Crippen LogP contribution in [0.25, 0.3) is 0 Å². The number of carbonyl (C=O) groups is 2. The summed E-state index contributed by atoms with van der Waals surface area (Å²) in [5.74, 6) is -1.53. The summed E-state index contributed by atoms with van der Waals surface area (Å²) >= 11 is 0. The number of hydrogen-bond donors (Lipinski definition) is 0. The van der Waals surface area contributed by atoms with Crippen LogP contribution in [0.2, 0.25) is 0 Å². The first-order valence-corrected chi connectivity index (χ1v) is 4.50. The largest absolute Gasteiger partial charge is 0.467 e. The minimum Gasteiger partial charge on any atom is -0.467 e. The zero-order chi connectivity index (χ0) is 11.8. The van der Waals surface area contributed by atoms with Gasteiger partial charge in [0.1, 0.15) is 0 Å². The molecule has 0 aromatic carbocycles. The van der Waals surface area contributed by atoms with Crippen LogP contribution >= 0.6 is 0 Å². The van der Waals surface area contributed by atoms with Crippen LogP contribution in [-0.2, 0) is 23.8 Å². The summed E-state index contributed by atoms with van der Waals surface area (Å²) in [4.78, 5) is 22.4. The first-order chi connectivity index (χ1) is 7.06. The van der Waals surface area contributed by atoms with Crippen molar-refractivity contribution >= 4 is 11.9 Å². The molecule has 15 heavy (non-hydrogen) atoms. The molecule has 0 aliphatic rings. The predicted octanol–water partition coefficient (Wildman–Crippen LogP) is 0.682. The van der Waals surface area contributed by atoms with Crippen molar-refractivity contribution in [3.05, 3.63) is 12.2 Å². The lowest BCUT2D eigenvalue weighted by atomic mass is 10.3. The molecule has 0 heterocycles. The maximum absolute atomic E-state index is 11.2. The smallest absolute Gasteiger partial charge is 0.346 e. The molecule has 0 N–H and O–H groups in total. The second kappa shape index (κ2) is 7.00. The van der Waals surface area contributed by atoms with Gasteiger partial charge in [-0.3, -0.25) is 0 Å². The predicted molar refractivity (Wildman–Crippen MR) is 53.2 cm³/mol. The summed E-state index contributed by atoms with van der Waals surface area (Å²) in [5.41, 5.74) is 0. The van der Waals surface area contributed by atoms with E-state index in [2.05, 4.69) is 9.47 Å². The lowest BCUT2D eigenvalue weighted by molar-refractivity contribution is -0.172. The Morgan fingerprint density at radius 3 is 1.93 bits per heavy atom. The summed E-state index contributed by atoms with van der Waals surface area (Å²) in [6, 6.07) is 0. The molecule has 5 nitrogen and oxygen atoms in total. The average Bonchev–Trinajstić information content (AvgIpc) is 2.24. The van der Waals surface area contributed by atoms with E-state index in [0.29, 0.717) is 0 Å². The van der Waals surface area contributed by atoms with Crippen LogP contribution in [0.5, 0.6) is 0 Å². The lowest BCUT2D eigenvalue weighted by Gasteiger charge is -2.16. The van der Waals surface area contributed by atoms with Gasteiger partial charge in [-0.1, -0.05) is 12.2 Å². The Labute approximate surface area is 89.0 Å². The van der Waals surface area contributed by atoms with E-state index in [1.165, 1.54) is 14.2 Å². The van der Waals surface area contributed by atoms with Crippen LogP contribution in [0.4, 0.5) is 0 Å². The van der Waals surface area contributed by atoms with Crippen molar-refractivity contribution in [3.63, 3.8) is 0 Å². The summed E-state index contributed by atoms with van der Waals surface area (Å²) in [6.07, 6.45) is 1.78. The summed E-state index contributed by atoms with van der Waals surface area (Å²) < 4.78 is 14.0. The van der Waals surface area contributed by atoms with Gasteiger partial charge in [-0.15, -0.1) is 0 Å². The third-order valence-corrected chi connectivity index (χ3v) is 1.64. The lowest BCUT2D eigenvalue weighted by Crippen LogP contribution is -2.37. The van der Waals surface area contributed by atoms with Gasteiger partial charge in [0.25, 0.3) is 6.10 Å². The number of allylic oxidation sites excluding steroid dienone is 1. The number of hydrogen-bond acceptors (Lipinski definition) is 5.